The SMILES string of the molecule is COc1cccc(C(=O)NCC(=O)N=Nc2c(O)n(CCCC#N)c3ccccc23)c1. The van der Waals surface area contributed by atoms with Crippen molar-refractivity contribution in [2.75, 3.05) is 13.7 Å². The van der Waals surface area contributed by atoms with Gasteiger partial charge in [-0.2, -0.15) is 5.26 Å². The number of rotatable bonds is 8. The van der Waals surface area contributed by atoms with Crippen LogP contribution in [0.5, 0.6) is 11.6 Å². The first-order chi connectivity index (χ1) is 15.0. The Kier molecular flexibility index (Phi) is 6.96. The van der Waals surface area contributed by atoms with Crippen LogP contribution in [0, 0.1) is 11.3 Å². The van der Waals surface area contributed by atoms with Crippen LogP contribution in [0.2, 0.25) is 0 Å². The first kappa shape index (κ1) is 21.5. The number of nitriles is 1. The molecule has 0 fully saturated rings. The number of hydrogen-bond donors (Lipinski definition) is 2. The summed E-state index contributed by atoms with van der Waals surface area (Å²) in [5, 5.41) is 30.0. The lowest BCUT2D eigenvalue weighted by Gasteiger charge is -2.05. The number of ether oxygens (including phenoxy) is 1. The fourth-order valence-corrected chi connectivity index (χ4v) is 3.08. The molecule has 3 aromatic rings. The maximum Gasteiger partial charge on any atom is 0.283 e. The van der Waals surface area contributed by atoms with Gasteiger partial charge in [-0.3, -0.25) is 9.59 Å². The molecule has 9 heteroatoms. The van der Waals surface area contributed by atoms with Crippen molar-refractivity contribution in [3.05, 3.63) is 54.1 Å². The van der Waals surface area contributed by atoms with Gasteiger partial charge in [0.1, 0.15) is 12.3 Å². The average Bonchev–Trinajstić information content (AvgIpc) is 3.07. The summed E-state index contributed by atoms with van der Waals surface area (Å²) >= 11 is 0. The number of fused-ring (bicyclic) bond motifs is 1. The van der Waals surface area contributed by atoms with E-state index in [0.717, 1.165) is 5.52 Å². The van der Waals surface area contributed by atoms with Crippen LogP contribution >= 0.6 is 0 Å². The molecule has 0 aliphatic rings. The topological polar surface area (TPSA) is 129 Å². The molecule has 0 saturated carbocycles. The molecule has 0 bridgehead atoms. The summed E-state index contributed by atoms with van der Waals surface area (Å²) in [5.41, 5.74) is 1.24. The molecule has 158 valence electrons. The smallest absolute Gasteiger partial charge is 0.283 e. The highest BCUT2D eigenvalue weighted by Crippen LogP contribution is 2.38. The number of aromatic nitrogens is 1. The molecule has 0 aliphatic carbocycles. The second kappa shape index (κ2) is 10.0. The van der Waals surface area contributed by atoms with E-state index in [-0.39, 0.29) is 18.1 Å². The minimum absolute atomic E-state index is 0.129. The van der Waals surface area contributed by atoms with E-state index in [4.69, 9.17) is 10.00 Å². The summed E-state index contributed by atoms with van der Waals surface area (Å²) < 4.78 is 6.71. The Labute approximate surface area is 178 Å². The third kappa shape index (κ3) is 5.05. The number of carbonyl (C=O) groups excluding carboxylic acids is 2. The van der Waals surface area contributed by atoms with Crippen LogP contribution in [-0.2, 0) is 11.3 Å². The Morgan fingerprint density at radius 1 is 1.23 bits per heavy atom. The fourth-order valence-electron chi connectivity index (χ4n) is 3.08. The predicted molar refractivity (Wildman–Crippen MR) is 113 cm³/mol. The van der Waals surface area contributed by atoms with Crippen LogP contribution in [0.15, 0.2) is 58.8 Å². The van der Waals surface area contributed by atoms with Crippen molar-refractivity contribution in [2.45, 2.75) is 19.4 Å². The van der Waals surface area contributed by atoms with Crippen molar-refractivity contribution in [3.63, 3.8) is 0 Å². The van der Waals surface area contributed by atoms with Crippen molar-refractivity contribution in [2.24, 2.45) is 10.2 Å². The summed E-state index contributed by atoms with van der Waals surface area (Å²) in [5.74, 6) is -0.715. The molecule has 0 saturated heterocycles. The van der Waals surface area contributed by atoms with E-state index in [1.165, 1.54) is 7.11 Å². The van der Waals surface area contributed by atoms with Gasteiger partial charge < -0.3 is 19.7 Å². The molecule has 9 nitrogen and oxygen atoms in total. The summed E-state index contributed by atoms with van der Waals surface area (Å²) in [6.07, 6.45) is 0.919. The van der Waals surface area contributed by atoms with Gasteiger partial charge in [0, 0.05) is 23.9 Å². The van der Waals surface area contributed by atoms with Crippen molar-refractivity contribution in [1.29, 1.82) is 5.26 Å². The van der Waals surface area contributed by atoms with E-state index in [2.05, 4.69) is 21.6 Å². The third-order valence-electron chi connectivity index (χ3n) is 4.58. The molecule has 0 unspecified atom stereocenters. The number of amides is 2. The molecule has 1 heterocycles. The summed E-state index contributed by atoms with van der Waals surface area (Å²) in [6, 6.07) is 15.8. The Bertz CT molecular complexity index is 1180. The highest BCUT2D eigenvalue weighted by molar-refractivity contribution is 5.97. The van der Waals surface area contributed by atoms with Crippen molar-refractivity contribution in [3.8, 4) is 17.7 Å². The van der Waals surface area contributed by atoms with Crippen LogP contribution in [0.3, 0.4) is 0 Å². The first-order valence-corrected chi connectivity index (χ1v) is 9.59. The lowest BCUT2D eigenvalue weighted by Crippen LogP contribution is -2.28. The zero-order chi connectivity index (χ0) is 22.2. The van der Waals surface area contributed by atoms with E-state index >= 15 is 0 Å². The third-order valence-corrected chi connectivity index (χ3v) is 4.58. The number of methoxy groups -OCH3 is 1. The quantitative estimate of drug-likeness (QED) is 0.425. The fraction of sp³-hybridized carbons (Fsp3) is 0.227. The van der Waals surface area contributed by atoms with Gasteiger partial charge in [0.2, 0.25) is 5.88 Å². The maximum atomic E-state index is 12.2. The monoisotopic (exact) mass is 419 g/mol. The van der Waals surface area contributed by atoms with Gasteiger partial charge in [-0.25, -0.2) is 0 Å². The second-order valence-electron chi connectivity index (χ2n) is 6.61. The minimum atomic E-state index is -0.669. The zero-order valence-corrected chi connectivity index (χ0v) is 16.9. The molecule has 2 N–H and O–H groups in total. The lowest BCUT2D eigenvalue weighted by atomic mass is 10.2. The van der Waals surface area contributed by atoms with Crippen molar-refractivity contribution >= 4 is 28.4 Å². The number of nitrogens with one attached hydrogen (secondary N) is 1. The molecule has 2 aromatic carbocycles. The van der Waals surface area contributed by atoms with Gasteiger partial charge in [-0.1, -0.05) is 24.3 Å². The van der Waals surface area contributed by atoms with Crippen LogP contribution in [-0.4, -0.2) is 35.1 Å². The molecular weight excluding hydrogens is 398 g/mol. The standard InChI is InChI=1S/C22H21N5O4/c1-31-16-8-6-7-15(13-16)21(29)24-14-19(28)25-26-20-17-9-2-3-10-18(17)27(22(20)30)12-5-4-11-23/h2-3,6-10,13,30H,4-5,12,14H2,1H3,(H,24,29). The molecule has 3 rings (SSSR count). The van der Waals surface area contributed by atoms with E-state index in [0.29, 0.717) is 36.1 Å². The highest BCUT2D eigenvalue weighted by atomic mass is 16.5. The molecule has 31 heavy (non-hydrogen) atoms. The first-order valence-electron chi connectivity index (χ1n) is 9.59. The maximum absolute atomic E-state index is 12.2. The Morgan fingerprint density at radius 3 is 2.81 bits per heavy atom. The molecule has 0 aliphatic heterocycles. The molecule has 2 amide bonds. The normalized spacial score (nSPS) is 10.8. The van der Waals surface area contributed by atoms with Gasteiger partial charge in [-0.05, 0) is 30.7 Å². The summed E-state index contributed by atoms with van der Waals surface area (Å²) in [4.78, 5) is 24.3. The number of aromatic hydroxyl groups is 1. The number of aryl methyl sites for hydroxylation is 1. The van der Waals surface area contributed by atoms with Crippen LogP contribution < -0.4 is 10.1 Å². The van der Waals surface area contributed by atoms with Crippen molar-refractivity contribution < 1.29 is 19.4 Å². The van der Waals surface area contributed by atoms with E-state index in [1.807, 2.05) is 12.1 Å². The second-order valence-corrected chi connectivity index (χ2v) is 6.61. The molecule has 1 aromatic heterocycles. The van der Waals surface area contributed by atoms with E-state index < -0.39 is 11.8 Å². The Balaban J connectivity index is 1.71. The highest BCUT2D eigenvalue weighted by Gasteiger charge is 2.16. The Hall–Kier alpha value is -4.19. The average molecular weight is 419 g/mol. The van der Waals surface area contributed by atoms with Gasteiger partial charge in [-0.15, -0.1) is 10.2 Å². The summed E-state index contributed by atoms with van der Waals surface area (Å²) in [7, 11) is 1.50. The minimum Gasteiger partial charge on any atom is -0.497 e. The molecule has 0 atom stereocenters. The predicted octanol–water partition coefficient (Wildman–Crippen LogP) is 3.70. The molecule has 0 spiro atoms. The number of azo groups is 1. The number of carbonyl (C=O) groups is 2. The van der Waals surface area contributed by atoms with Crippen LogP contribution in [0.25, 0.3) is 10.9 Å². The summed E-state index contributed by atoms with van der Waals surface area (Å²) in [6.45, 7) is 0.0844. The van der Waals surface area contributed by atoms with Crippen LogP contribution in [0.1, 0.15) is 23.2 Å². The van der Waals surface area contributed by atoms with E-state index in [1.54, 1.807) is 41.0 Å². The number of hydrogen-bond acceptors (Lipinski definition) is 6. The number of para-hydroxylation sites is 1. The van der Waals surface area contributed by atoms with Gasteiger partial charge in [0.15, 0.2) is 5.69 Å². The molecular formula is C22H21N5O4. The largest absolute Gasteiger partial charge is 0.497 e. The van der Waals surface area contributed by atoms with Gasteiger partial charge in [0.25, 0.3) is 11.8 Å². The van der Waals surface area contributed by atoms with Crippen LogP contribution in [0.4, 0.5) is 5.69 Å². The van der Waals surface area contributed by atoms with E-state index in [9.17, 15) is 14.7 Å². The van der Waals surface area contributed by atoms with Gasteiger partial charge >= 0.3 is 0 Å². The lowest BCUT2D eigenvalue weighted by molar-refractivity contribution is -0.117. The molecule has 0 radical (unpaired) electrons. The zero-order valence-electron chi connectivity index (χ0n) is 16.9. The Morgan fingerprint density at radius 2 is 2.03 bits per heavy atom. The van der Waals surface area contributed by atoms with Gasteiger partial charge in [0.05, 0.1) is 18.7 Å². The van der Waals surface area contributed by atoms with Crippen molar-refractivity contribution in [1.82, 2.24) is 9.88 Å². The number of benzene rings is 2. The number of unbranched alkanes of at least 4 members (excludes halogenated alkanes) is 1. The number of nitrogens with zero attached hydrogens (tertiary/aromatic N) is 4.